The van der Waals surface area contributed by atoms with Crippen molar-refractivity contribution in [3.05, 3.63) is 48.0 Å². The van der Waals surface area contributed by atoms with Gasteiger partial charge in [0.05, 0.1) is 11.9 Å². The molecule has 2 atom stereocenters. The molecule has 2 aliphatic heterocycles. The summed E-state index contributed by atoms with van der Waals surface area (Å²) in [4.78, 5) is 29.3. The van der Waals surface area contributed by atoms with E-state index in [1.54, 1.807) is 28.9 Å². The number of benzene rings is 1. The van der Waals surface area contributed by atoms with E-state index in [2.05, 4.69) is 10.1 Å². The molecule has 2 aliphatic rings. The first kappa shape index (κ1) is 21.4. The van der Waals surface area contributed by atoms with Crippen molar-refractivity contribution >= 4 is 41.2 Å². The van der Waals surface area contributed by atoms with E-state index in [0.717, 1.165) is 0 Å². The number of thioether (sulfide) groups is 2. The highest BCUT2D eigenvalue weighted by atomic mass is 32.2. The summed E-state index contributed by atoms with van der Waals surface area (Å²) >= 11 is 2.83. The first-order valence-corrected chi connectivity index (χ1v) is 11.7. The van der Waals surface area contributed by atoms with Crippen LogP contribution in [0, 0.1) is 0 Å². The maximum atomic E-state index is 12.2. The molecule has 0 aliphatic carbocycles. The second kappa shape index (κ2) is 8.17. The van der Waals surface area contributed by atoms with E-state index in [1.807, 2.05) is 0 Å². The topological polar surface area (TPSA) is 164 Å². The van der Waals surface area contributed by atoms with Crippen LogP contribution in [0.2, 0.25) is 0 Å². The third kappa shape index (κ3) is 3.73. The van der Waals surface area contributed by atoms with Gasteiger partial charge in [0.25, 0.3) is 0 Å². The van der Waals surface area contributed by atoms with Crippen LogP contribution in [0.3, 0.4) is 0 Å². The number of carbonyl (C=O) groups is 2. The third-order valence-corrected chi connectivity index (χ3v) is 7.65. The Kier molecular flexibility index (Phi) is 5.31. The summed E-state index contributed by atoms with van der Waals surface area (Å²) < 4.78 is 6.60. The van der Waals surface area contributed by atoms with E-state index in [-0.39, 0.29) is 28.7 Å². The number of hydrogen-bond donors (Lipinski definition) is 4. The minimum atomic E-state index is -1.50. The van der Waals surface area contributed by atoms with Crippen LogP contribution in [0.15, 0.2) is 53.0 Å². The lowest BCUT2D eigenvalue weighted by atomic mass is 10.1. The number of phenols is 2. The van der Waals surface area contributed by atoms with Crippen molar-refractivity contribution in [1.82, 2.24) is 19.5 Å². The minimum absolute atomic E-state index is 0.0138. The Labute approximate surface area is 194 Å². The van der Waals surface area contributed by atoms with Crippen LogP contribution in [0.1, 0.15) is 0 Å². The summed E-state index contributed by atoms with van der Waals surface area (Å²) in [6.07, 6.45) is 0.100. The number of rotatable bonds is 5. The number of aromatic hydroxyl groups is 2. The zero-order valence-electron chi connectivity index (χ0n) is 16.8. The van der Waals surface area contributed by atoms with Gasteiger partial charge in [-0.1, -0.05) is 0 Å². The molecule has 1 fully saturated rings. The minimum Gasteiger partial charge on any atom is -0.504 e. The molecule has 11 nitrogen and oxygen atoms in total. The molecular weight excluding hydrogens is 470 g/mol. The lowest BCUT2D eigenvalue weighted by Gasteiger charge is -2.47. The largest absolute Gasteiger partial charge is 0.512 e. The monoisotopic (exact) mass is 487 g/mol. The molecular formula is C20H17N5O6S2. The van der Waals surface area contributed by atoms with E-state index in [4.69, 9.17) is 15.6 Å². The molecule has 1 aromatic carbocycles. The molecule has 5 rings (SSSR count). The van der Waals surface area contributed by atoms with Crippen molar-refractivity contribution < 1.29 is 29.6 Å². The fourth-order valence-corrected chi connectivity index (χ4v) is 5.99. The average molecular weight is 488 g/mol. The lowest BCUT2D eigenvalue weighted by molar-refractivity contribution is -0.144. The number of ether oxygens (including phenoxy) is 1. The standard InChI is InChI=1S/C20H17N5O6S2/c21-16-17(28)24-18(31-20(29)30)10(8-33-19(16)24)7-32-15-6-11(23-14-3-4-22-25(14)15)9-1-2-12(26)13(27)5-9/h1-6,16,19,26-27H,7-8,21H2,(H,29,30)/t16-,19-/m1/s1. The van der Waals surface area contributed by atoms with Gasteiger partial charge in [0.2, 0.25) is 11.8 Å². The van der Waals surface area contributed by atoms with Gasteiger partial charge in [-0.3, -0.25) is 9.69 Å². The average Bonchev–Trinajstić information content (AvgIpc) is 3.27. The number of amides is 1. The van der Waals surface area contributed by atoms with Crippen LogP contribution in [0.25, 0.3) is 16.9 Å². The Hall–Kier alpha value is -3.42. The van der Waals surface area contributed by atoms with Crippen molar-refractivity contribution in [1.29, 1.82) is 0 Å². The summed E-state index contributed by atoms with van der Waals surface area (Å²) in [5.41, 5.74) is 8.19. The molecule has 3 aromatic rings. The van der Waals surface area contributed by atoms with Crippen molar-refractivity contribution in [2.24, 2.45) is 5.73 Å². The SMILES string of the molecule is N[C@@H]1C(=O)N2C(OC(=O)O)=C(CSc3cc(-c4ccc(O)c(O)c4)nc4ccnn34)CS[C@H]12. The molecule has 0 spiro atoms. The van der Waals surface area contributed by atoms with Gasteiger partial charge < -0.3 is 25.8 Å². The van der Waals surface area contributed by atoms with Gasteiger partial charge in [0, 0.05) is 28.7 Å². The number of nitrogens with two attached hydrogens (primary N) is 1. The van der Waals surface area contributed by atoms with E-state index in [9.17, 15) is 19.8 Å². The van der Waals surface area contributed by atoms with E-state index >= 15 is 0 Å². The number of carboxylic acid groups (broad SMARTS) is 1. The van der Waals surface area contributed by atoms with Crippen molar-refractivity contribution in [2.75, 3.05) is 11.5 Å². The normalized spacial score (nSPS) is 20.0. The first-order chi connectivity index (χ1) is 15.8. The van der Waals surface area contributed by atoms with Gasteiger partial charge in [0.1, 0.15) is 16.4 Å². The third-order valence-electron chi connectivity index (χ3n) is 5.21. The fraction of sp³-hybridized carbons (Fsp3) is 0.200. The van der Waals surface area contributed by atoms with Crippen molar-refractivity contribution in [3.8, 4) is 22.8 Å². The van der Waals surface area contributed by atoms with Crippen LogP contribution in [0.5, 0.6) is 11.5 Å². The predicted molar refractivity (Wildman–Crippen MR) is 120 cm³/mol. The van der Waals surface area contributed by atoms with Gasteiger partial charge in [-0.15, -0.1) is 23.5 Å². The van der Waals surface area contributed by atoms with E-state index in [1.165, 1.54) is 40.6 Å². The Morgan fingerprint density at radius 2 is 2.09 bits per heavy atom. The van der Waals surface area contributed by atoms with Crippen LogP contribution >= 0.6 is 23.5 Å². The molecule has 0 bridgehead atoms. The number of aromatic nitrogens is 3. The second-order valence-electron chi connectivity index (χ2n) is 7.29. The fourth-order valence-electron chi connectivity index (χ4n) is 3.58. The number of carbonyl (C=O) groups excluding carboxylic acids is 1. The van der Waals surface area contributed by atoms with Gasteiger partial charge in [-0.25, -0.2) is 14.3 Å². The number of hydrogen-bond acceptors (Lipinski definition) is 10. The molecule has 2 aromatic heterocycles. The Balaban J connectivity index is 1.48. The highest BCUT2D eigenvalue weighted by Crippen LogP contribution is 2.41. The van der Waals surface area contributed by atoms with Crippen LogP contribution in [0.4, 0.5) is 4.79 Å². The number of phenolic OH excluding ortho intramolecular Hbond substituents is 2. The summed E-state index contributed by atoms with van der Waals surface area (Å²) in [5, 5.41) is 33.3. The zero-order chi connectivity index (χ0) is 23.3. The van der Waals surface area contributed by atoms with E-state index < -0.39 is 12.2 Å². The molecule has 13 heteroatoms. The first-order valence-electron chi connectivity index (χ1n) is 9.66. The van der Waals surface area contributed by atoms with Crippen LogP contribution < -0.4 is 5.73 Å². The van der Waals surface area contributed by atoms with Gasteiger partial charge in [0.15, 0.2) is 17.1 Å². The number of nitrogens with zero attached hydrogens (tertiary/aromatic N) is 4. The van der Waals surface area contributed by atoms with Gasteiger partial charge in [-0.2, -0.15) is 5.10 Å². The Morgan fingerprint density at radius 1 is 1.27 bits per heavy atom. The molecule has 5 N–H and O–H groups in total. The van der Waals surface area contributed by atoms with Crippen molar-refractivity contribution in [2.45, 2.75) is 16.4 Å². The molecule has 1 amide bonds. The summed E-state index contributed by atoms with van der Waals surface area (Å²) in [5.74, 6) is -0.0583. The molecule has 4 heterocycles. The maximum absolute atomic E-state index is 12.2. The van der Waals surface area contributed by atoms with Crippen molar-refractivity contribution in [3.63, 3.8) is 0 Å². The highest BCUT2D eigenvalue weighted by Gasteiger charge is 2.51. The maximum Gasteiger partial charge on any atom is 0.512 e. The number of fused-ring (bicyclic) bond motifs is 2. The molecule has 1 saturated heterocycles. The summed E-state index contributed by atoms with van der Waals surface area (Å²) in [6, 6.07) is 7.26. The molecule has 0 unspecified atom stereocenters. The van der Waals surface area contributed by atoms with Gasteiger partial charge >= 0.3 is 6.16 Å². The molecule has 0 saturated carbocycles. The Morgan fingerprint density at radius 3 is 2.85 bits per heavy atom. The summed E-state index contributed by atoms with van der Waals surface area (Å²) in [7, 11) is 0. The zero-order valence-corrected chi connectivity index (χ0v) is 18.4. The lowest BCUT2D eigenvalue weighted by Crippen LogP contribution is -2.68. The molecule has 0 radical (unpaired) electrons. The van der Waals surface area contributed by atoms with Crippen LogP contribution in [-0.4, -0.2) is 69.8 Å². The van der Waals surface area contributed by atoms with Crippen LogP contribution in [-0.2, 0) is 9.53 Å². The quantitative estimate of drug-likeness (QED) is 0.137. The highest BCUT2D eigenvalue weighted by molar-refractivity contribution is 8.01. The second-order valence-corrected chi connectivity index (χ2v) is 9.39. The van der Waals surface area contributed by atoms with Gasteiger partial charge in [-0.05, 0) is 24.3 Å². The molecule has 33 heavy (non-hydrogen) atoms. The molecule has 170 valence electrons. The van der Waals surface area contributed by atoms with E-state index in [0.29, 0.717) is 39.0 Å². The number of β-lactam (4-membered cyclic amide) rings is 1. The summed E-state index contributed by atoms with van der Waals surface area (Å²) in [6.45, 7) is 0. The Bertz CT molecular complexity index is 1330. The smallest absolute Gasteiger partial charge is 0.504 e. The predicted octanol–water partition coefficient (Wildman–Crippen LogP) is 2.05.